The second-order valence-corrected chi connectivity index (χ2v) is 9.16. The zero-order valence-electron chi connectivity index (χ0n) is 19.0. The van der Waals surface area contributed by atoms with Gasteiger partial charge in [0.05, 0.1) is 18.5 Å². The van der Waals surface area contributed by atoms with Crippen LogP contribution in [0, 0.1) is 5.41 Å². The Morgan fingerprint density at radius 1 is 0.879 bits per heavy atom. The third-order valence-corrected chi connectivity index (χ3v) is 5.97. The molecule has 0 radical (unpaired) electrons. The average molecular weight is 440 g/mol. The summed E-state index contributed by atoms with van der Waals surface area (Å²) in [7, 11) is 1.57. The zero-order chi connectivity index (χ0) is 23.4. The van der Waals surface area contributed by atoms with Gasteiger partial charge >= 0.3 is 0 Å². The lowest BCUT2D eigenvalue weighted by atomic mass is 9.77. The lowest BCUT2D eigenvalue weighted by Gasteiger charge is -2.45. The van der Waals surface area contributed by atoms with Gasteiger partial charge in [-0.15, -0.1) is 0 Å². The molecule has 0 aliphatic carbocycles. The van der Waals surface area contributed by atoms with Crippen LogP contribution in [-0.4, -0.2) is 24.8 Å². The van der Waals surface area contributed by atoms with Gasteiger partial charge in [0.1, 0.15) is 5.75 Å². The van der Waals surface area contributed by atoms with Gasteiger partial charge < -0.3 is 9.47 Å². The molecule has 0 aromatic heterocycles. The monoisotopic (exact) mass is 440 g/mol. The maximum absolute atomic E-state index is 14.4. The first-order valence-corrected chi connectivity index (χ1v) is 10.8. The molecule has 0 fully saturated rings. The molecule has 2 heterocycles. The minimum Gasteiger partial charge on any atom is -0.497 e. The van der Waals surface area contributed by atoms with Crippen molar-refractivity contribution in [3.05, 3.63) is 89.5 Å². The Hall–Kier alpha value is -3.93. The number of amides is 2. The summed E-state index contributed by atoms with van der Waals surface area (Å²) in [5.41, 5.74) is 0.655. The number of hydrogen-bond donors (Lipinski definition) is 0. The van der Waals surface area contributed by atoms with Crippen LogP contribution in [0.4, 0.5) is 11.4 Å². The minimum absolute atomic E-state index is 0.396. The fourth-order valence-corrected chi connectivity index (χ4v) is 4.31. The molecular weight excluding hydrogens is 416 g/mol. The predicted molar refractivity (Wildman–Crippen MR) is 126 cm³/mol. The number of rotatable bonds is 2. The van der Waals surface area contributed by atoms with E-state index in [1.807, 2.05) is 51.1 Å². The first kappa shape index (κ1) is 20.9. The Kier molecular flexibility index (Phi) is 4.64. The summed E-state index contributed by atoms with van der Waals surface area (Å²) in [6.07, 6.45) is 0. The van der Waals surface area contributed by atoms with E-state index >= 15 is 0 Å². The topological polar surface area (TPSA) is 68.2 Å². The minimum atomic E-state index is -1.54. The van der Waals surface area contributed by atoms with Crippen LogP contribution < -0.4 is 9.64 Å². The normalized spacial score (nSPS) is 19.5. The zero-order valence-corrected chi connectivity index (χ0v) is 19.0. The number of carbonyl (C=O) groups is 2. The molecule has 0 N–H and O–H groups in total. The van der Waals surface area contributed by atoms with E-state index in [2.05, 4.69) is 0 Å². The van der Waals surface area contributed by atoms with Crippen molar-refractivity contribution in [2.75, 3.05) is 12.0 Å². The largest absolute Gasteiger partial charge is 0.497 e. The van der Waals surface area contributed by atoms with Gasteiger partial charge in [-0.3, -0.25) is 9.59 Å². The van der Waals surface area contributed by atoms with Gasteiger partial charge in [0.2, 0.25) is 5.60 Å². The number of benzene rings is 3. The highest BCUT2D eigenvalue weighted by Gasteiger charge is 2.58. The van der Waals surface area contributed by atoms with Crippen molar-refractivity contribution in [1.29, 1.82) is 0 Å². The highest BCUT2D eigenvalue weighted by Crippen LogP contribution is 2.49. The van der Waals surface area contributed by atoms with Gasteiger partial charge in [0, 0.05) is 22.1 Å². The van der Waals surface area contributed by atoms with Crippen molar-refractivity contribution in [1.82, 2.24) is 0 Å². The van der Waals surface area contributed by atoms with Crippen molar-refractivity contribution in [3.63, 3.8) is 0 Å². The molecule has 1 atom stereocenters. The van der Waals surface area contributed by atoms with Crippen molar-refractivity contribution >= 4 is 29.1 Å². The molecule has 6 heteroatoms. The number of hydrogen-bond acceptors (Lipinski definition) is 5. The van der Waals surface area contributed by atoms with E-state index in [-0.39, 0.29) is 0 Å². The number of ether oxygens (including phenoxy) is 2. The highest BCUT2D eigenvalue weighted by molar-refractivity contribution is 6.28. The van der Waals surface area contributed by atoms with Crippen LogP contribution in [0.25, 0.3) is 0 Å². The smallest absolute Gasteiger partial charge is 0.287 e. The number of carbonyl (C=O) groups excluding carboxylic acids is 2. The van der Waals surface area contributed by atoms with Gasteiger partial charge in [-0.05, 0) is 36.4 Å². The molecule has 2 aliphatic heterocycles. The molecule has 1 unspecified atom stereocenters. The fraction of sp³-hybridized carbons (Fsp3) is 0.222. The van der Waals surface area contributed by atoms with E-state index in [9.17, 15) is 9.59 Å². The first-order chi connectivity index (χ1) is 15.8. The van der Waals surface area contributed by atoms with Gasteiger partial charge in [-0.25, -0.2) is 9.89 Å². The molecule has 2 aliphatic rings. The summed E-state index contributed by atoms with van der Waals surface area (Å²) >= 11 is 0. The molecule has 5 rings (SSSR count). The van der Waals surface area contributed by atoms with Gasteiger partial charge in [-0.2, -0.15) is 0 Å². The number of imide groups is 1. The molecule has 3 aromatic rings. The summed E-state index contributed by atoms with van der Waals surface area (Å²) < 4.78 is 11.8. The molecule has 6 nitrogen and oxygen atoms in total. The summed E-state index contributed by atoms with van der Waals surface area (Å²) in [5.74, 6) is 0.202. The number of aliphatic imine (C=N–C) groups is 1. The molecule has 0 saturated carbocycles. The Labute approximate surface area is 192 Å². The van der Waals surface area contributed by atoms with Crippen LogP contribution in [0.1, 0.15) is 42.3 Å². The van der Waals surface area contributed by atoms with E-state index < -0.39 is 22.8 Å². The quantitative estimate of drug-likeness (QED) is 0.512. The highest BCUT2D eigenvalue weighted by atomic mass is 16.5. The van der Waals surface area contributed by atoms with Gasteiger partial charge in [0.25, 0.3) is 11.8 Å². The maximum Gasteiger partial charge on any atom is 0.287 e. The lowest BCUT2D eigenvalue weighted by Crippen LogP contribution is -2.58. The fourth-order valence-electron chi connectivity index (χ4n) is 4.31. The van der Waals surface area contributed by atoms with Crippen LogP contribution in [0.15, 0.2) is 77.8 Å². The van der Waals surface area contributed by atoms with Gasteiger partial charge in [-0.1, -0.05) is 57.2 Å². The number of nitrogens with zero attached hydrogens (tertiary/aromatic N) is 2. The molecule has 1 spiro atoms. The van der Waals surface area contributed by atoms with Crippen LogP contribution >= 0.6 is 0 Å². The number of fused-ring (bicyclic) bond motifs is 4. The molecule has 0 saturated heterocycles. The van der Waals surface area contributed by atoms with E-state index in [4.69, 9.17) is 14.5 Å². The molecule has 0 bridgehead atoms. The van der Waals surface area contributed by atoms with E-state index in [0.717, 1.165) is 0 Å². The van der Waals surface area contributed by atoms with Crippen LogP contribution in [0.5, 0.6) is 5.75 Å². The second kappa shape index (κ2) is 7.30. The second-order valence-electron chi connectivity index (χ2n) is 9.16. The third-order valence-electron chi connectivity index (χ3n) is 5.97. The molecule has 33 heavy (non-hydrogen) atoms. The van der Waals surface area contributed by atoms with E-state index in [1.54, 1.807) is 49.6 Å². The number of para-hydroxylation sites is 1. The molecule has 2 amide bonds. The molecular formula is C27H24N2O4. The Morgan fingerprint density at radius 3 is 2.18 bits per heavy atom. The standard InChI is InChI=1S/C27H24N2O4/c1-26(2,3)24-28-22-12-8-7-11-21(22)27(33-24)20-10-6-5-9-19(20)23(30)29(25(27)31)17-13-15-18(32-4)16-14-17/h5-16H,1-4H3. The summed E-state index contributed by atoms with van der Waals surface area (Å²) in [6, 6.07) is 21.4. The SMILES string of the molecule is COc1ccc(N2C(=O)c3ccccc3C3(OC(C(C)(C)C)=Nc4ccccc43)C2=O)cc1. The first-order valence-electron chi connectivity index (χ1n) is 10.8. The summed E-state index contributed by atoms with van der Waals surface area (Å²) in [4.78, 5) is 33.9. The Bertz CT molecular complexity index is 1300. The number of anilines is 1. The molecule has 3 aromatic carbocycles. The van der Waals surface area contributed by atoms with Crippen molar-refractivity contribution < 1.29 is 19.1 Å². The van der Waals surface area contributed by atoms with E-state index in [0.29, 0.717) is 39.7 Å². The predicted octanol–water partition coefficient (Wildman–Crippen LogP) is 5.23. The number of methoxy groups -OCH3 is 1. The van der Waals surface area contributed by atoms with Crippen molar-refractivity contribution in [2.45, 2.75) is 26.4 Å². The van der Waals surface area contributed by atoms with Gasteiger partial charge in [0.15, 0.2) is 5.90 Å². The Morgan fingerprint density at radius 2 is 1.52 bits per heavy atom. The van der Waals surface area contributed by atoms with Crippen LogP contribution in [0.3, 0.4) is 0 Å². The van der Waals surface area contributed by atoms with Crippen LogP contribution in [0.2, 0.25) is 0 Å². The third kappa shape index (κ3) is 3.05. The van der Waals surface area contributed by atoms with Crippen molar-refractivity contribution in [3.8, 4) is 5.75 Å². The average Bonchev–Trinajstić information content (AvgIpc) is 2.82. The lowest BCUT2D eigenvalue weighted by molar-refractivity contribution is -0.133. The van der Waals surface area contributed by atoms with E-state index in [1.165, 1.54) is 4.90 Å². The van der Waals surface area contributed by atoms with Crippen LogP contribution in [-0.2, 0) is 15.1 Å². The van der Waals surface area contributed by atoms with Crippen molar-refractivity contribution in [2.24, 2.45) is 10.4 Å². The molecule has 166 valence electrons. The Balaban J connectivity index is 1.80. The summed E-state index contributed by atoms with van der Waals surface area (Å²) in [5, 5.41) is 0. The maximum atomic E-state index is 14.4. The summed E-state index contributed by atoms with van der Waals surface area (Å²) in [6.45, 7) is 5.96.